The molecule has 2 nitrogen and oxygen atoms in total. The molecule has 2 unspecified atom stereocenters. The lowest BCUT2D eigenvalue weighted by molar-refractivity contribution is 0.149. The van der Waals surface area contributed by atoms with Crippen LogP contribution in [0.2, 0.25) is 0 Å². The van der Waals surface area contributed by atoms with Gasteiger partial charge in [-0.05, 0) is 76.0 Å². The average molecular weight is 238 g/mol. The number of hydrogen-bond donors (Lipinski definition) is 2. The van der Waals surface area contributed by atoms with Gasteiger partial charge >= 0.3 is 0 Å². The molecule has 100 valence electrons. The highest BCUT2D eigenvalue weighted by Crippen LogP contribution is 2.34. The number of hydrogen-bond acceptors (Lipinski definition) is 2. The fraction of sp³-hybridized carbons (Fsp3) is 1.00. The van der Waals surface area contributed by atoms with Crippen LogP contribution >= 0.6 is 0 Å². The van der Waals surface area contributed by atoms with Crippen molar-refractivity contribution in [1.82, 2.24) is 10.6 Å². The van der Waals surface area contributed by atoms with Crippen molar-refractivity contribution in [2.24, 2.45) is 17.8 Å². The van der Waals surface area contributed by atoms with E-state index in [0.29, 0.717) is 0 Å². The van der Waals surface area contributed by atoms with E-state index in [1.165, 1.54) is 71.1 Å². The van der Waals surface area contributed by atoms with E-state index >= 15 is 0 Å². The van der Waals surface area contributed by atoms with Crippen molar-refractivity contribution >= 4 is 0 Å². The molecule has 0 aromatic heterocycles. The molecule has 0 aromatic rings. The van der Waals surface area contributed by atoms with E-state index in [2.05, 4.69) is 17.6 Å². The molecule has 0 saturated carbocycles. The second-order valence-electron chi connectivity index (χ2n) is 6.02. The quantitative estimate of drug-likeness (QED) is 0.769. The minimum Gasteiger partial charge on any atom is -0.316 e. The molecule has 2 fully saturated rings. The lowest BCUT2D eigenvalue weighted by atomic mass is 9.73. The normalized spacial score (nSPS) is 32.3. The fourth-order valence-electron chi connectivity index (χ4n) is 3.78. The first-order valence-electron chi connectivity index (χ1n) is 7.83. The van der Waals surface area contributed by atoms with E-state index in [0.717, 1.165) is 17.8 Å². The SMILES string of the molecule is CCCCC(C1CCCNC1)C1CCCNC1. The van der Waals surface area contributed by atoms with E-state index in [-0.39, 0.29) is 0 Å². The van der Waals surface area contributed by atoms with Gasteiger partial charge in [0.25, 0.3) is 0 Å². The lowest BCUT2D eigenvalue weighted by Gasteiger charge is -2.38. The Morgan fingerprint density at radius 1 is 1.00 bits per heavy atom. The Kier molecular flexibility index (Phi) is 5.79. The largest absolute Gasteiger partial charge is 0.316 e. The van der Waals surface area contributed by atoms with Crippen molar-refractivity contribution in [2.75, 3.05) is 26.2 Å². The molecule has 0 spiro atoms. The van der Waals surface area contributed by atoms with Gasteiger partial charge in [0.1, 0.15) is 0 Å². The van der Waals surface area contributed by atoms with Crippen molar-refractivity contribution in [3.63, 3.8) is 0 Å². The Bertz CT molecular complexity index is 175. The molecule has 2 N–H and O–H groups in total. The Balaban J connectivity index is 1.90. The van der Waals surface area contributed by atoms with Crippen LogP contribution in [0.4, 0.5) is 0 Å². The van der Waals surface area contributed by atoms with E-state index in [1.807, 2.05) is 0 Å². The third-order valence-corrected chi connectivity index (χ3v) is 4.77. The molecule has 2 rings (SSSR count). The van der Waals surface area contributed by atoms with Crippen molar-refractivity contribution in [2.45, 2.75) is 51.9 Å². The molecule has 0 bridgehead atoms. The molecule has 0 aliphatic carbocycles. The van der Waals surface area contributed by atoms with Gasteiger partial charge in [-0.3, -0.25) is 0 Å². The smallest absolute Gasteiger partial charge is 0.00177 e. The lowest BCUT2D eigenvalue weighted by Crippen LogP contribution is -2.41. The van der Waals surface area contributed by atoms with Crippen LogP contribution in [0.25, 0.3) is 0 Å². The van der Waals surface area contributed by atoms with Gasteiger partial charge in [0.2, 0.25) is 0 Å². The van der Waals surface area contributed by atoms with Crippen molar-refractivity contribution in [3.05, 3.63) is 0 Å². The third-order valence-electron chi connectivity index (χ3n) is 4.77. The molecule has 2 heterocycles. The molecule has 2 atom stereocenters. The summed E-state index contributed by atoms with van der Waals surface area (Å²) in [5, 5.41) is 7.22. The first-order chi connectivity index (χ1) is 8.42. The van der Waals surface area contributed by atoms with Crippen LogP contribution in [0.1, 0.15) is 51.9 Å². The number of unbranched alkanes of at least 4 members (excludes halogenated alkanes) is 1. The molecule has 2 heteroatoms. The van der Waals surface area contributed by atoms with Crippen LogP contribution < -0.4 is 10.6 Å². The van der Waals surface area contributed by atoms with E-state index in [9.17, 15) is 0 Å². The Morgan fingerprint density at radius 3 is 2.00 bits per heavy atom. The predicted octanol–water partition coefficient (Wildman–Crippen LogP) is 2.79. The second kappa shape index (κ2) is 7.38. The second-order valence-corrected chi connectivity index (χ2v) is 6.02. The van der Waals surface area contributed by atoms with E-state index in [4.69, 9.17) is 0 Å². The molecule has 0 radical (unpaired) electrons. The maximum atomic E-state index is 3.61. The van der Waals surface area contributed by atoms with Crippen LogP contribution in [-0.4, -0.2) is 26.2 Å². The van der Waals surface area contributed by atoms with Crippen molar-refractivity contribution in [3.8, 4) is 0 Å². The minimum absolute atomic E-state index is 0.959. The average Bonchev–Trinajstić information content (AvgIpc) is 2.42. The maximum absolute atomic E-state index is 3.61. The summed E-state index contributed by atoms with van der Waals surface area (Å²) in [4.78, 5) is 0. The highest BCUT2D eigenvalue weighted by Gasteiger charge is 2.30. The summed E-state index contributed by atoms with van der Waals surface area (Å²) in [5.41, 5.74) is 0. The third kappa shape index (κ3) is 3.96. The molecular formula is C15H30N2. The van der Waals surface area contributed by atoms with E-state index in [1.54, 1.807) is 0 Å². The van der Waals surface area contributed by atoms with Crippen molar-refractivity contribution in [1.29, 1.82) is 0 Å². The zero-order valence-electron chi connectivity index (χ0n) is 11.5. The first kappa shape index (κ1) is 13.4. The summed E-state index contributed by atoms with van der Waals surface area (Å²) in [6, 6.07) is 0. The molecule has 17 heavy (non-hydrogen) atoms. The summed E-state index contributed by atoms with van der Waals surface area (Å²) < 4.78 is 0. The van der Waals surface area contributed by atoms with Gasteiger partial charge in [0.05, 0.1) is 0 Å². The van der Waals surface area contributed by atoms with Gasteiger partial charge in [-0.15, -0.1) is 0 Å². The summed E-state index contributed by atoms with van der Waals surface area (Å²) in [5.74, 6) is 2.90. The molecular weight excluding hydrogens is 208 g/mol. The van der Waals surface area contributed by atoms with Gasteiger partial charge in [-0.25, -0.2) is 0 Å². The maximum Gasteiger partial charge on any atom is -0.00177 e. The summed E-state index contributed by atoms with van der Waals surface area (Å²) in [6.45, 7) is 7.39. The van der Waals surface area contributed by atoms with Crippen LogP contribution in [0.3, 0.4) is 0 Å². The highest BCUT2D eigenvalue weighted by atomic mass is 14.9. The summed E-state index contributed by atoms with van der Waals surface area (Å²) >= 11 is 0. The standard InChI is InChI=1S/C15H30N2/c1-2-3-8-15(13-6-4-9-16-11-13)14-7-5-10-17-12-14/h13-17H,2-12H2,1H3. The Morgan fingerprint density at radius 2 is 1.59 bits per heavy atom. The number of piperidine rings is 2. The number of nitrogens with one attached hydrogen (secondary N) is 2. The highest BCUT2D eigenvalue weighted by molar-refractivity contribution is 4.84. The van der Waals surface area contributed by atoms with Crippen LogP contribution in [-0.2, 0) is 0 Å². The van der Waals surface area contributed by atoms with Gasteiger partial charge < -0.3 is 10.6 Å². The van der Waals surface area contributed by atoms with Crippen LogP contribution in [0.15, 0.2) is 0 Å². The molecule has 0 amide bonds. The predicted molar refractivity (Wildman–Crippen MR) is 74.2 cm³/mol. The molecule has 2 aliphatic heterocycles. The number of rotatable bonds is 5. The van der Waals surface area contributed by atoms with Crippen LogP contribution in [0.5, 0.6) is 0 Å². The van der Waals surface area contributed by atoms with Gasteiger partial charge in [0, 0.05) is 0 Å². The van der Waals surface area contributed by atoms with Gasteiger partial charge in [-0.1, -0.05) is 19.8 Å². The molecule has 2 saturated heterocycles. The zero-order chi connectivity index (χ0) is 11.9. The van der Waals surface area contributed by atoms with Gasteiger partial charge in [-0.2, -0.15) is 0 Å². The first-order valence-corrected chi connectivity index (χ1v) is 7.83. The fourth-order valence-corrected chi connectivity index (χ4v) is 3.78. The van der Waals surface area contributed by atoms with Gasteiger partial charge in [0.15, 0.2) is 0 Å². The van der Waals surface area contributed by atoms with Crippen molar-refractivity contribution < 1.29 is 0 Å². The molecule has 2 aliphatic rings. The molecule has 0 aromatic carbocycles. The minimum atomic E-state index is 0.959. The topological polar surface area (TPSA) is 24.1 Å². The van der Waals surface area contributed by atoms with E-state index < -0.39 is 0 Å². The monoisotopic (exact) mass is 238 g/mol. The Labute approximate surface area is 107 Å². The summed E-state index contributed by atoms with van der Waals surface area (Å²) in [6.07, 6.45) is 9.99. The zero-order valence-corrected chi connectivity index (χ0v) is 11.5. The van der Waals surface area contributed by atoms with Crippen LogP contribution in [0, 0.1) is 17.8 Å². The Hall–Kier alpha value is -0.0800. The summed E-state index contributed by atoms with van der Waals surface area (Å²) in [7, 11) is 0.